The topological polar surface area (TPSA) is 79.9 Å². The second-order valence-electron chi connectivity index (χ2n) is 3.59. The average Bonchev–Trinajstić information content (AvgIpc) is 2.36. The number of anilines is 1. The molecule has 0 aromatic heterocycles. The molecule has 0 heterocycles. The molecule has 0 aliphatic rings. The molecule has 1 aromatic rings. The van der Waals surface area contributed by atoms with Gasteiger partial charge in [-0.15, -0.1) is 0 Å². The van der Waals surface area contributed by atoms with Crippen molar-refractivity contribution in [3.05, 3.63) is 24.3 Å². The van der Waals surface area contributed by atoms with Gasteiger partial charge in [-0.05, 0) is 25.5 Å². The van der Waals surface area contributed by atoms with E-state index < -0.39 is 0 Å². The summed E-state index contributed by atoms with van der Waals surface area (Å²) in [6.07, 6.45) is 0.731. The van der Waals surface area contributed by atoms with Crippen molar-refractivity contribution < 1.29 is 9.94 Å². The maximum atomic E-state index is 8.65. The maximum Gasteiger partial charge on any atom is 0.161 e. The maximum absolute atomic E-state index is 8.65. The number of ether oxygens (including phenoxy) is 1. The lowest BCUT2D eigenvalue weighted by atomic mass is 10.2. The third-order valence-corrected chi connectivity index (χ3v) is 2.37. The fraction of sp³-hybridized carbons (Fsp3) is 0.417. The predicted molar refractivity (Wildman–Crippen MR) is 68.7 cm³/mol. The summed E-state index contributed by atoms with van der Waals surface area (Å²) >= 11 is 0. The third kappa shape index (κ3) is 3.86. The quantitative estimate of drug-likeness (QED) is 0.306. The Morgan fingerprint density at radius 1 is 1.53 bits per heavy atom. The Morgan fingerprint density at radius 2 is 2.29 bits per heavy atom. The lowest BCUT2D eigenvalue weighted by Crippen LogP contribution is -2.35. The van der Waals surface area contributed by atoms with Crippen LogP contribution < -0.4 is 15.8 Å². The largest absolute Gasteiger partial charge is 0.494 e. The van der Waals surface area contributed by atoms with Gasteiger partial charge in [0.15, 0.2) is 5.84 Å². The van der Waals surface area contributed by atoms with Crippen LogP contribution in [0.15, 0.2) is 29.4 Å². The Morgan fingerprint density at radius 3 is 2.88 bits per heavy atom. The molecule has 1 unspecified atom stereocenters. The fourth-order valence-electron chi connectivity index (χ4n) is 1.50. The number of nitrogens with zero attached hydrogens (tertiary/aromatic N) is 1. The van der Waals surface area contributed by atoms with Crippen molar-refractivity contribution in [2.45, 2.75) is 26.3 Å². The van der Waals surface area contributed by atoms with Crippen LogP contribution in [0, 0.1) is 0 Å². The van der Waals surface area contributed by atoms with Crippen molar-refractivity contribution in [3.63, 3.8) is 0 Å². The molecule has 1 atom stereocenters. The number of amidine groups is 1. The number of hydrogen-bond acceptors (Lipinski definition) is 4. The van der Waals surface area contributed by atoms with Crippen molar-refractivity contribution in [2.24, 2.45) is 10.9 Å². The highest BCUT2D eigenvalue weighted by molar-refractivity contribution is 5.87. The molecule has 0 spiro atoms. The molecule has 0 radical (unpaired) electrons. The number of nitrogens with two attached hydrogens (primary N) is 1. The SMILES string of the molecule is CCOc1cccc(NC(CC)C(N)=NO)c1. The lowest BCUT2D eigenvalue weighted by molar-refractivity contribution is 0.316. The number of benzene rings is 1. The van der Waals surface area contributed by atoms with E-state index in [0.717, 1.165) is 17.9 Å². The van der Waals surface area contributed by atoms with Crippen LogP contribution in [0.1, 0.15) is 20.3 Å². The van der Waals surface area contributed by atoms with Crippen molar-refractivity contribution in [1.29, 1.82) is 0 Å². The molecular formula is C12H19N3O2. The Bertz CT molecular complexity index is 380. The molecule has 5 heteroatoms. The molecule has 0 bridgehead atoms. The van der Waals surface area contributed by atoms with E-state index in [-0.39, 0.29) is 11.9 Å². The average molecular weight is 237 g/mol. The Hall–Kier alpha value is -1.91. The van der Waals surface area contributed by atoms with Crippen molar-refractivity contribution in [2.75, 3.05) is 11.9 Å². The van der Waals surface area contributed by atoms with E-state index in [0.29, 0.717) is 6.61 Å². The van der Waals surface area contributed by atoms with E-state index in [2.05, 4.69) is 10.5 Å². The van der Waals surface area contributed by atoms with Gasteiger partial charge in [0.1, 0.15) is 5.75 Å². The van der Waals surface area contributed by atoms with Crippen LogP contribution in [-0.4, -0.2) is 23.7 Å². The van der Waals surface area contributed by atoms with Gasteiger partial charge in [-0.2, -0.15) is 0 Å². The summed E-state index contributed by atoms with van der Waals surface area (Å²) in [5.74, 6) is 0.973. The molecular weight excluding hydrogens is 218 g/mol. The highest BCUT2D eigenvalue weighted by Gasteiger charge is 2.11. The summed E-state index contributed by atoms with van der Waals surface area (Å²) in [4.78, 5) is 0. The molecule has 94 valence electrons. The van der Waals surface area contributed by atoms with Crippen LogP contribution in [0.5, 0.6) is 5.75 Å². The summed E-state index contributed by atoms with van der Waals surface area (Å²) in [5.41, 5.74) is 6.46. The second-order valence-corrected chi connectivity index (χ2v) is 3.59. The molecule has 0 aliphatic heterocycles. The van der Waals surface area contributed by atoms with Crippen LogP contribution in [0.25, 0.3) is 0 Å². The summed E-state index contributed by atoms with van der Waals surface area (Å²) in [6, 6.07) is 7.40. The van der Waals surface area contributed by atoms with Gasteiger partial charge in [0.25, 0.3) is 0 Å². The first-order chi connectivity index (χ1) is 8.21. The van der Waals surface area contributed by atoms with E-state index >= 15 is 0 Å². The van der Waals surface area contributed by atoms with Crippen molar-refractivity contribution >= 4 is 11.5 Å². The van der Waals surface area contributed by atoms with E-state index in [1.165, 1.54) is 0 Å². The fourth-order valence-corrected chi connectivity index (χ4v) is 1.50. The molecule has 0 amide bonds. The Balaban J connectivity index is 2.75. The first-order valence-corrected chi connectivity index (χ1v) is 5.68. The third-order valence-electron chi connectivity index (χ3n) is 2.37. The van der Waals surface area contributed by atoms with E-state index in [1.54, 1.807) is 0 Å². The number of oxime groups is 1. The summed E-state index contributed by atoms with van der Waals surface area (Å²) in [7, 11) is 0. The standard InChI is InChI=1S/C12H19N3O2/c1-3-11(12(13)15-16)14-9-6-5-7-10(8-9)17-4-2/h5-8,11,14,16H,3-4H2,1-2H3,(H2,13,15). The van der Waals surface area contributed by atoms with E-state index in [1.807, 2.05) is 38.1 Å². The molecule has 17 heavy (non-hydrogen) atoms. The minimum absolute atomic E-state index is 0.175. The zero-order valence-corrected chi connectivity index (χ0v) is 10.2. The Kier molecular flexibility index (Phi) is 5.13. The zero-order chi connectivity index (χ0) is 12.7. The molecule has 1 aromatic carbocycles. The van der Waals surface area contributed by atoms with E-state index in [9.17, 15) is 0 Å². The van der Waals surface area contributed by atoms with Crippen molar-refractivity contribution in [3.8, 4) is 5.75 Å². The number of hydrogen-bond donors (Lipinski definition) is 3. The summed E-state index contributed by atoms with van der Waals surface area (Å²) in [5, 5.41) is 14.8. The molecule has 0 saturated heterocycles. The smallest absolute Gasteiger partial charge is 0.161 e. The van der Waals surface area contributed by atoms with Gasteiger partial charge < -0.3 is 21.0 Å². The summed E-state index contributed by atoms with van der Waals surface area (Å²) < 4.78 is 5.40. The predicted octanol–water partition coefficient (Wildman–Crippen LogP) is 2.02. The van der Waals surface area contributed by atoms with Gasteiger partial charge in [0, 0.05) is 11.8 Å². The lowest BCUT2D eigenvalue weighted by Gasteiger charge is -2.17. The molecule has 0 aliphatic carbocycles. The number of nitrogens with one attached hydrogen (secondary N) is 1. The monoisotopic (exact) mass is 237 g/mol. The molecule has 0 fully saturated rings. The van der Waals surface area contributed by atoms with Gasteiger partial charge >= 0.3 is 0 Å². The molecule has 1 rings (SSSR count). The molecule has 0 saturated carbocycles. The normalized spacial score (nSPS) is 13.2. The highest BCUT2D eigenvalue weighted by Crippen LogP contribution is 2.18. The van der Waals surface area contributed by atoms with Crippen LogP contribution in [0.3, 0.4) is 0 Å². The first kappa shape index (κ1) is 13.2. The van der Waals surface area contributed by atoms with Gasteiger partial charge in [-0.1, -0.05) is 18.1 Å². The van der Waals surface area contributed by atoms with Crippen LogP contribution in [-0.2, 0) is 0 Å². The first-order valence-electron chi connectivity index (χ1n) is 5.68. The van der Waals surface area contributed by atoms with Gasteiger partial charge in [0.2, 0.25) is 0 Å². The Labute approximate surface area is 101 Å². The van der Waals surface area contributed by atoms with Crippen LogP contribution in [0.4, 0.5) is 5.69 Å². The van der Waals surface area contributed by atoms with Gasteiger partial charge in [-0.25, -0.2) is 0 Å². The molecule has 4 N–H and O–H groups in total. The highest BCUT2D eigenvalue weighted by atomic mass is 16.5. The van der Waals surface area contributed by atoms with Gasteiger partial charge in [0.05, 0.1) is 12.6 Å². The second kappa shape index (κ2) is 6.62. The summed E-state index contributed by atoms with van der Waals surface area (Å²) in [6.45, 7) is 4.52. The van der Waals surface area contributed by atoms with Gasteiger partial charge in [-0.3, -0.25) is 0 Å². The van der Waals surface area contributed by atoms with Crippen LogP contribution in [0.2, 0.25) is 0 Å². The zero-order valence-electron chi connectivity index (χ0n) is 10.2. The van der Waals surface area contributed by atoms with Crippen LogP contribution >= 0.6 is 0 Å². The molecule has 5 nitrogen and oxygen atoms in total. The number of rotatable bonds is 6. The minimum atomic E-state index is -0.183. The van der Waals surface area contributed by atoms with E-state index in [4.69, 9.17) is 15.7 Å². The minimum Gasteiger partial charge on any atom is -0.494 e. The van der Waals surface area contributed by atoms with Crippen molar-refractivity contribution in [1.82, 2.24) is 0 Å².